The van der Waals surface area contributed by atoms with Gasteiger partial charge < -0.3 is 26.2 Å². The second-order valence-corrected chi connectivity index (χ2v) is 2.51. The molecule has 0 amide bonds. The van der Waals surface area contributed by atoms with Gasteiger partial charge >= 0.3 is 7.32 Å². The fourth-order valence-electron chi connectivity index (χ4n) is 0.954. The Morgan fingerprint density at radius 1 is 1.38 bits per heavy atom. The van der Waals surface area contributed by atoms with Gasteiger partial charge in [0.15, 0.2) is 0 Å². The molecule has 0 radical (unpaired) electrons. The van der Waals surface area contributed by atoms with Gasteiger partial charge in [-0.05, 0) is 23.8 Å². The van der Waals surface area contributed by atoms with Crippen LogP contribution >= 0.6 is 0 Å². The molecule has 0 saturated heterocycles. The van der Waals surface area contributed by atoms with Crippen molar-refractivity contribution in [3.63, 3.8) is 0 Å². The average Bonchev–Trinajstić information content (AvgIpc) is 2.07. The quantitative estimate of drug-likeness (QED) is 0.357. The Balaban J connectivity index is 2.86. The van der Waals surface area contributed by atoms with Gasteiger partial charge in [0.05, 0.1) is 0 Å². The van der Waals surface area contributed by atoms with Crippen molar-refractivity contribution in [2.24, 2.45) is 5.73 Å². The van der Waals surface area contributed by atoms with Crippen LogP contribution in [0, 0.1) is 0 Å². The molecule has 0 aliphatic heterocycles. The monoisotopic (exact) mass is 182 g/mol. The molecule has 5 nitrogen and oxygen atoms in total. The van der Waals surface area contributed by atoms with Gasteiger partial charge in [-0.3, -0.25) is 0 Å². The standard InChI is InChI=1S/C7H11BN2O3/c9-4-5-3-6(13-8(11)12)1-2-7(5)10/h1-3,11-12H,4,9-10H2. The molecule has 0 heterocycles. The van der Waals surface area contributed by atoms with Crippen LogP contribution in [0.5, 0.6) is 5.75 Å². The van der Waals surface area contributed by atoms with E-state index in [9.17, 15) is 0 Å². The molecule has 0 fully saturated rings. The average molecular weight is 182 g/mol. The molecule has 0 spiro atoms. The van der Waals surface area contributed by atoms with Crippen molar-refractivity contribution in [2.75, 3.05) is 5.73 Å². The number of nitrogen functional groups attached to an aromatic ring is 1. The summed E-state index contributed by atoms with van der Waals surface area (Å²) in [7, 11) is -1.82. The summed E-state index contributed by atoms with van der Waals surface area (Å²) < 4.78 is 4.61. The van der Waals surface area contributed by atoms with Crippen molar-refractivity contribution in [2.45, 2.75) is 6.54 Å². The highest BCUT2D eigenvalue weighted by molar-refractivity contribution is 6.33. The van der Waals surface area contributed by atoms with Gasteiger partial charge in [-0.2, -0.15) is 0 Å². The second-order valence-electron chi connectivity index (χ2n) is 2.51. The van der Waals surface area contributed by atoms with Gasteiger partial charge in [0, 0.05) is 12.2 Å². The summed E-state index contributed by atoms with van der Waals surface area (Å²) in [5, 5.41) is 17.0. The van der Waals surface area contributed by atoms with E-state index in [1.807, 2.05) is 0 Å². The van der Waals surface area contributed by atoms with Crippen LogP contribution in [0.4, 0.5) is 5.69 Å². The van der Waals surface area contributed by atoms with Crippen molar-refractivity contribution >= 4 is 13.0 Å². The van der Waals surface area contributed by atoms with E-state index in [1.54, 1.807) is 12.1 Å². The van der Waals surface area contributed by atoms with E-state index in [4.69, 9.17) is 21.5 Å². The highest BCUT2D eigenvalue weighted by Gasteiger charge is 2.11. The first-order chi connectivity index (χ1) is 6.13. The number of benzene rings is 1. The highest BCUT2D eigenvalue weighted by Crippen LogP contribution is 2.19. The van der Waals surface area contributed by atoms with Crippen LogP contribution in [0.25, 0.3) is 0 Å². The summed E-state index contributed by atoms with van der Waals surface area (Å²) in [6, 6.07) is 4.70. The number of hydrogen-bond acceptors (Lipinski definition) is 5. The summed E-state index contributed by atoms with van der Waals surface area (Å²) in [5.41, 5.74) is 12.2. The minimum Gasteiger partial charge on any atom is -0.512 e. The van der Waals surface area contributed by atoms with Crippen LogP contribution in [-0.4, -0.2) is 17.4 Å². The molecule has 1 aromatic rings. The maximum atomic E-state index is 8.51. The van der Waals surface area contributed by atoms with Crippen LogP contribution < -0.4 is 16.1 Å². The van der Waals surface area contributed by atoms with Crippen molar-refractivity contribution in [1.29, 1.82) is 0 Å². The highest BCUT2D eigenvalue weighted by atomic mass is 16.6. The molecule has 6 heteroatoms. The third-order valence-corrected chi connectivity index (χ3v) is 1.58. The van der Waals surface area contributed by atoms with E-state index in [0.717, 1.165) is 0 Å². The zero-order valence-corrected chi connectivity index (χ0v) is 6.97. The Hall–Kier alpha value is -1.24. The van der Waals surface area contributed by atoms with Gasteiger partial charge in [-0.15, -0.1) is 0 Å². The fourth-order valence-corrected chi connectivity index (χ4v) is 0.954. The van der Waals surface area contributed by atoms with E-state index in [1.165, 1.54) is 6.07 Å². The summed E-state index contributed by atoms with van der Waals surface area (Å²) in [5.74, 6) is 0.324. The minimum absolute atomic E-state index is 0.282. The lowest BCUT2D eigenvalue weighted by Gasteiger charge is -2.07. The number of rotatable bonds is 3. The zero-order chi connectivity index (χ0) is 9.84. The Morgan fingerprint density at radius 3 is 2.62 bits per heavy atom. The lowest BCUT2D eigenvalue weighted by Crippen LogP contribution is -2.20. The van der Waals surface area contributed by atoms with Gasteiger partial charge in [-0.1, -0.05) is 0 Å². The van der Waals surface area contributed by atoms with E-state index in [-0.39, 0.29) is 6.54 Å². The normalized spacial score (nSPS) is 9.77. The van der Waals surface area contributed by atoms with E-state index >= 15 is 0 Å². The molecule has 1 aromatic carbocycles. The molecule has 70 valence electrons. The topological polar surface area (TPSA) is 102 Å². The largest absolute Gasteiger partial charge is 0.707 e. The van der Waals surface area contributed by atoms with Gasteiger partial charge in [0.25, 0.3) is 0 Å². The molecule has 0 saturated carbocycles. The molecule has 0 atom stereocenters. The van der Waals surface area contributed by atoms with Crippen molar-refractivity contribution in [1.82, 2.24) is 0 Å². The Bertz CT molecular complexity index is 293. The van der Waals surface area contributed by atoms with Crippen LogP contribution in [0.2, 0.25) is 0 Å². The van der Waals surface area contributed by atoms with Gasteiger partial charge in [-0.25, -0.2) is 0 Å². The molecule has 13 heavy (non-hydrogen) atoms. The molecular formula is C7H11BN2O3. The van der Waals surface area contributed by atoms with E-state index in [2.05, 4.69) is 4.65 Å². The molecule has 0 unspecified atom stereocenters. The van der Waals surface area contributed by atoms with Crippen molar-refractivity contribution < 1.29 is 14.7 Å². The van der Waals surface area contributed by atoms with Gasteiger partial charge in [0.1, 0.15) is 5.75 Å². The predicted molar refractivity (Wildman–Crippen MR) is 49.6 cm³/mol. The first-order valence-electron chi connectivity index (χ1n) is 3.74. The minimum atomic E-state index is -1.82. The van der Waals surface area contributed by atoms with Crippen molar-refractivity contribution in [3.8, 4) is 5.75 Å². The lowest BCUT2D eigenvalue weighted by molar-refractivity contribution is 0.288. The van der Waals surface area contributed by atoms with Crippen LogP contribution in [-0.2, 0) is 6.54 Å². The molecular weight excluding hydrogens is 171 g/mol. The SMILES string of the molecule is NCc1cc(OB(O)O)ccc1N. The zero-order valence-electron chi connectivity index (χ0n) is 6.97. The fraction of sp³-hybridized carbons (Fsp3) is 0.143. The molecule has 1 rings (SSSR count). The molecule has 6 N–H and O–H groups in total. The molecule has 0 aliphatic carbocycles. The Morgan fingerprint density at radius 2 is 2.08 bits per heavy atom. The number of anilines is 1. The van der Waals surface area contributed by atoms with E-state index in [0.29, 0.717) is 17.0 Å². The van der Waals surface area contributed by atoms with Crippen LogP contribution in [0.1, 0.15) is 5.56 Å². The summed E-state index contributed by atoms with van der Waals surface area (Å²) >= 11 is 0. The lowest BCUT2D eigenvalue weighted by atomic mass is 10.1. The van der Waals surface area contributed by atoms with Gasteiger partial charge in [0.2, 0.25) is 0 Å². The summed E-state index contributed by atoms with van der Waals surface area (Å²) in [4.78, 5) is 0. The third kappa shape index (κ3) is 2.62. The molecule has 0 aromatic heterocycles. The summed E-state index contributed by atoms with van der Waals surface area (Å²) in [6.45, 7) is 0.282. The van der Waals surface area contributed by atoms with E-state index < -0.39 is 7.32 Å². The maximum Gasteiger partial charge on any atom is 0.707 e. The number of nitrogens with two attached hydrogens (primary N) is 2. The molecule has 0 aliphatic rings. The Labute approximate surface area is 76.1 Å². The summed E-state index contributed by atoms with van der Waals surface area (Å²) in [6.07, 6.45) is 0. The molecule has 0 bridgehead atoms. The Kier molecular flexibility index (Phi) is 3.13. The first-order valence-corrected chi connectivity index (χ1v) is 3.74. The third-order valence-electron chi connectivity index (χ3n) is 1.58. The first kappa shape index (κ1) is 9.85. The predicted octanol–water partition coefficient (Wildman–Crippen LogP) is -0.924. The van der Waals surface area contributed by atoms with Crippen LogP contribution in [0.15, 0.2) is 18.2 Å². The maximum absolute atomic E-state index is 8.51. The smallest absolute Gasteiger partial charge is 0.512 e. The van der Waals surface area contributed by atoms with Crippen molar-refractivity contribution in [3.05, 3.63) is 23.8 Å². The number of hydrogen-bond donors (Lipinski definition) is 4. The van der Waals surface area contributed by atoms with Crippen LogP contribution in [0.3, 0.4) is 0 Å². The second kappa shape index (κ2) is 4.13.